The summed E-state index contributed by atoms with van der Waals surface area (Å²) in [6.07, 6.45) is 9.51. The topological polar surface area (TPSA) is 26.3 Å². The summed E-state index contributed by atoms with van der Waals surface area (Å²) in [6.45, 7) is 4.46. The van der Waals surface area contributed by atoms with Crippen LogP contribution in [0.3, 0.4) is 0 Å². The van der Waals surface area contributed by atoms with E-state index in [0.29, 0.717) is 12.2 Å². The molecule has 0 aromatic rings. The Kier molecular flexibility index (Phi) is 6.18. The van der Waals surface area contributed by atoms with E-state index in [9.17, 15) is 4.79 Å². The largest absolute Gasteiger partial charge is 0.370 e. The number of ketones is 1. The molecule has 100 valence electrons. The van der Waals surface area contributed by atoms with E-state index in [4.69, 9.17) is 4.74 Å². The molecular formula is C15H28O2. The minimum Gasteiger partial charge on any atom is -0.370 e. The van der Waals surface area contributed by atoms with Gasteiger partial charge in [-0.15, -0.1) is 0 Å². The Morgan fingerprint density at radius 3 is 2.41 bits per heavy atom. The molecule has 0 unspecified atom stereocenters. The van der Waals surface area contributed by atoms with Gasteiger partial charge in [-0.05, 0) is 38.0 Å². The van der Waals surface area contributed by atoms with E-state index in [1.54, 1.807) is 7.11 Å². The summed E-state index contributed by atoms with van der Waals surface area (Å²) in [4.78, 5) is 12.3. The molecule has 1 fully saturated rings. The fourth-order valence-electron chi connectivity index (χ4n) is 2.77. The Morgan fingerprint density at radius 2 is 1.88 bits per heavy atom. The number of ether oxygens (including phenoxy) is 1. The zero-order valence-corrected chi connectivity index (χ0v) is 11.8. The molecule has 0 saturated heterocycles. The molecule has 0 aromatic carbocycles. The number of hydrogen-bond donors (Lipinski definition) is 0. The average Bonchev–Trinajstić information content (AvgIpc) is 2.36. The fourth-order valence-corrected chi connectivity index (χ4v) is 2.77. The second kappa shape index (κ2) is 7.15. The third-order valence-electron chi connectivity index (χ3n) is 4.24. The summed E-state index contributed by atoms with van der Waals surface area (Å²) in [6, 6.07) is 0. The molecule has 0 atom stereocenters. The van der Waals surface area contributed by atoms with E-state index >= 15 is 0 Å². The Balaban J connectivity index is 2.40. The van der Waals surface area contributed by atoms with Gasteiger partial charge in [0.2, 0.25) is 0 Å². The van der Waals surface area contributed by atoms with Crippen molar-refractivity contribution in [1.82, 2.24) is 0 Å². The molecule has 0 aliphatic heterocycles. The minimum atomic E-state index is -0.432. The van der Waals surface area contributed by atoms with E-state index in [0.717, 1.165) is 38.0 Å². The highest BCUT2D eigenvalue weighted by Crippen LogP contribution is 2.36. The number of carbonyl (C=O) groups excluding carboxylic acids is 1. The third-order valence-corrected chi connectivity index (χ3v) is 4.24. The molecular weight excluding hydrogens is 212 g/mol. The first kappa shape index (κ1) is 14.7. The molecule has 2 heteroatoms. The van der Waals surface area contributed by atoms with E-state index in [2.05, 4.69) is 13.8 Å². The molecule has 0 N–H and O–H groups in total. The highest BCUT2D eigenvalue weighted by Gasteiger charge is 2.40. The Labute approximate surface area is 106 Å². The van der Waals surface area contributed by atoms with Gasteiger partial charge in [-0.3, -0.25) is 4.79 Å². The van der Waals surface area contributed by atoms with Crippen LogP contribution in [0.5, 0.6) is 0 Å². The standard InChI is InChI=1S/C15H28O2/c1-4-5-6-7-8-14(16)15(17-3)11-9-13(2)10-12-15/h13H,4-12H2,1-3H3. The first-order valence-corrected chi connectivity index (χ1v) is 7.23. The fraction of sp³-hybridized carbons (Fsp3) is 0.933. The van der Waals surface area contributed by atoms with Crippen molar-refractivity contribution in [3.8, 4) is 0 Å². The summed E-state index contributed by atoms with van der Waals surface area (Å²) in [5.74, 6) is 1.11. The van der Waals surface area contributed by atoms with Crippen LogP contribution in [-0.2, 0) is 9.53 Å². The SMILES string of the molecule is CCCCCCC(=O)C1(OC)CCC(C)CC1. The number of Topliss-reactive ketones (excluding diaryl/α,β-unsaturated/α-hetero) is 1. The Bertz CT molecular complexity index is 227. The quantitative estimate of drug-likeness (QED) is 0.626. The summed E-state index contributed by atoms with van der Waals surface area (Å²) in [5, 5.41) is 0. The lowest BCUT2D eigenvalue weighted by Crippen LogP contribution is -2.43. The zero-order chi connectivity index (χ0) is 12.7. The number of carbonyl (C=O) groups is 1. The lowest BCUT2D eigenvalue weighted by Gasteiger charge is -2.37. The van der Waals surface area contributed by atoms with E-state index in [-0.39, 0.29) is 0 Å². The van der Waals surface area contributed by atoms with Crippen LogP contribution in [0.2, 0.25) is 0 Å². The van der Waals surface area contributed by atoms with Gasteiger partial charge >= 0.3 is 0 Å². The van der Waals surface area contributed by atoms with Crippen LogP contribution in [0.1, 0.15) is 71.6 Å². The molecule has 0 bridgehead atoms. The first-order valence-electron chi connectivity index (χ1n) is 7.23. The second-order valence-electron chi connectivity index (χ2n) is 5.61. The first-order chi connectivity index (χ1) is 8.14. The molecule has 0 amide bonds. The second-order valence-corrected chi connectivity index (χ2v) is 5.61. The monoisotopic (exact) mass is 240 g/mol. The Hall–Kier alpha value is -0.370. The van der Waals surface area contributed by atoms with Gasteiger partial charge in [-0.2, -0.15) is 0 Å². The maximum absolute atomic E-state index is 12.3. The van der Waals surface area contributed by atoms with Crippen LogP contribution in [0.25, 0.3) is 0 Å². The highest BCUT2D eigenvalue weighted by molar-refractivity contribution is 5.87. The number of rotatable bonds is 7. The smallest absolute Gasteiger partial charge is 0.164 e. The number of methoxy groups -OCH3 is 1. The van der Waals surface area contributed by atoms with E-state index in [1.165, 1.54) is 19.3 Å². The van der Waals surface area contributed by atoms with Crippen molar-refractivity contribution >= 4 is 5.78 Å². The summed E-state index contributed by atoms with van der Waals surface area (Å²) in [7, 11) is 1.71. The number of unbranched alkanes of at least 4 members (excludes halogenated alkanes) is 3. The maximum Gasteiger partial charge on any atom is 0.164 e. The molecule has 0 aromatic heterocycles. The van der Waals surface area contributed by atoms with Gasteiger partial charge in [0.05, 0.1) is 0 Å². The summed E-state index contributed by atoms with van der Waals surface area (Å²) < 4.78 is 5.60. The molecule has 0 radical (unpaired) electrons. The molecule has 2 nitrogen and oxygen atoms in total. The van der Waals surface area contributed by atoms with Crippen molar-refractivity contribution in [2.45, 2.75) is 77.2 Å². The normalized spacial score (nSPS) is 29.2. The van der Waals surface area contributed by atoms with Crippen LogP contribution in [0.15, 0.2) is 0 Å². The van der Waals surface area contributed by atoms with Gasteiger partial charge in [0.1, 0.15) is 5.60 Å². The minimum absolute atomic E-state index is 0.350. The van der Waals surface area contributed by atoms with Crippen molar-refractivity contribution in [2.24, 2.45) is 5.92 Å². The third kappa shape index (κ3) is 4.09. The van der Waals surface area contributed by atoms with Crippen molar-refractivity contribution in [1.29, 1.82) is 0 Å². The molecule has 1 rings (SSSR count). The molecule has 1 aliphatic rings. The van der Waals surface area contributed by atoms with Crippen molar-refractivity contribution in [3.63, 3.8) is 0 Å². The van der Waals surface area contributed by atoms with Crippen molar-refractivity contribution < 1.29 is 9.53 Å². The van der Waals surface area contributed by atoms with Gasteiger partial charge in [-0.25, -0.2) is 0 Å². The van der Waals surface area contributed by atoms with Gasteiger partial charge in [0.25, 0.3) is 0 Å². The van der Waals surface area contributed by atoms with Crippen molar-refractivity contribution in [2.75, 3.05) is 7.11 Å². The van der Waals surface area contributed by atoms with Crippen LogP contribution >= 0.6 is 0 Å². The molecule has 0 heterocycles. The number of hydrogen-bond acceptors (Lipinski definition) is 2. The summed E-state index contributed by atoms with van der Waals surface area (Å²) >= 11 is 0. The lowest BCUT2D eigenvalue weighted by molar-refractivity contribution is -0.146. The van der Waals surface area contributed by atoms with Crippen molar-refractivity contribution in [3.05, 3.63) is 0 Å². The van der Waals surface area contributed by atoms with Gasteiger partial charge < -0.3 is 4.74 Å². The van der Waals surface area contributed by atoms with Crippen LogP contribution < -0.4 is 0 Å². The van der Waals surface area contributed by atoms with E-state index < -0.39 is 5.60 Å². The van der Waals surface area contributed by atoms with Crippen LogP contribution in [0, 0.1) is 5.92 Å². The lowest BCUT2D eigenvalue weighted by atomic mass is 9.76. The predicted molar refractivity (Wildman–Crippen MR) is 71.1 cm³/mol. The van der Waals surface area contributed by atoms with Crippen LogP contribution in [0.4, 0.5) is 0 Å². The summed E-state index contributed by atoms with van der Waals surface area (Å²) in [5.41, 5.74) is -0.432. The van der Waals surface area contributed by atoms with Gasteiger partial charge in [0, 0.05) is 13.5 Å². The van der Waals surface area contributed by atoms with Gasteiger partial charge in [0.15, 0.2) is 5.78 Å². The van der Waals surface area contributed by atoms with E-state index in [1.807, 2.05) is 0 Å². The molecule has 1 saturated carbocycles. The highest BCUT2D eigenvalue weighted by atomic mass is 16.5. The molecule has 0 spiro atoms. The molecule has 1 aliphatic carbocycles. The Morgan fingerprint density at radius 1 is 1.24 bits per heavy atom. The predicted octanol–water partition coefficient (Wildman–Crippen LogP) is 4.12. The van der Waals surface area contributed by atoms with Gasteiger partial charge in [-0.1, -0.05) is 33.1 Å². The maximum atomic E-state index is 12.3. The average molecular weight is 240 g/mol. The molecule has 17 heavy (non-hydrogen) atoms. The zero-order valence-electron chi connectivity index (χ0n) is 11.8. The van der Waals surface area contributed by atoms with Crippen LogP contribution in [-0.4, -0.2) is 18.5 Å².